The number of esters is 1. The van der Waals surface area contributed by atoms with Crippen LogP contribution in [0.2, 0.25) is 0 Å². The van der Waals surface area contributed by atoms with Gasteiger partial charge in [-0.1, -0.05) is 38.0 Å². The molecule has 0 bridgehead atoms. The molecular weight excluding hydrogens is 484 g/mol. The van der Waals surface area contributed by atoms with Crippen molar-refractivity contribution in [1.82, 2.24) is 0 Å². The van der Waals surface area contributed by atoms with Crippen LogP contribution >= 0.6 is 0 Å². The highest BCUT2D eigenvalue weighted by Crippen LogP contribution is 2.40. The van der Waals surface area contributed by atoms with Crippen LogP contribution in [0.3, 0.4) is 0 Å². The number of halogens is 4. The molecule has 0 aromatic heterocycles. The van der Waals surface area contributed by atoms with Crippen molar-refractivity contribution in [3.63, 3.8) is 0 Å². The Morgan fingerprint density at radius 3 is 2.08 bits per heavy atom. The molecule has 0 unspecified atom stereocenters. The normalized spacial score (nSPS) is 17.5. The van der Waals surface area contributed by atoms with Crippen molar-refractivity contribution in [3.8, 4) is 22.6 Å². The van der Waals surface area contributed by atoms with Gasteiger partial charge in [0.1, 0.15) is 0 Å². The number of carbonyl (C=O) groups excluding carboxylic acids is 1. The Hall–Kier alpha value is -3.35. The van der Waals surface area contributed by atoms with E-state index in [4.69, 9.17) is 9.47 Å². The molecule has 37 heavy (non-hydrogen) atoms. The van der Waals surface area contributed by atoms with Gasteiger partial charge in [0.25, 0.3) is 0 Å². The van der Waals surface area contributed by atoms with Gasteiger partial charge >= 0.3 is 5.97 Å². The zero-order valence-electron chi connectivity index (χ0n) is 21.0. The molecule has 7 heteroatoms. The van der Waals surface area contributed by atoms with E-state index in [1.807, 2.05) is 0 Å². The molecule has 0 N–H and O–H groups in total. The van der Waals surface area contributed by atoms with E-state index in [1.165, 1.54) is 48.5 Å². The number of rotatable bonds is 8. The second-order valence-electron chi connectivity index (χ2n) is 9.43. The van der Waals surface area contributed by atoms with Crippen LogP contribution in [-0.2, 0) is 0 Å². The first-order chi connectivity index (χ1) is 17.8. The molecule has 0 aliphatic heterocycles. The zero-order valence-corrected chi connectivity index (χ0v) is 21.0. The van der Waals surface area contributed by atoms with Crippen molar-refractivity contribution in [2.24, 2.45) is 5.92 Å². The van der Waals surface area contributed by atoms with Gasteiger partial charge in [0.2, 0.25) is 11.6 Å². The zero-order chi connectivity index (χ0) is 26.5. The van der Waals surface area contributed by atoms with E-state index in [0.29, 0.717) is 17.0 Å². The largest absolute Gasteiger partial charge is 0.491 e. The van der Waals surface area contributed by atoms with Gasteiger partial charge in [-0.15, -0.1) is 0 Å². The van der Waals surface area contributed by atoms with Gasteiger partial charge in [0.15, 0.2) is 23.1 Å². The summed E-state index contributed by atoms with van der Waals surface area (Å²) in [5.74, 6) is -5.31. The molecule has 196 valence electrons. The highest BCUT2D eigenvalue weighted by Gasteiger charge is 2.27. The molecule has 3 aromatic rings. The molecule has 3 aromatic carbocycles. The summed E-state index contributed by atoms with van der Waals surface area (Å²) in [6, 6.07) is 11.0. The maximum Gasteiger partial charge on any atom is 0.343 e. The molecule has 4 rings (SSSR count). The van der Waals surface area contributed by atoms with Gasteiger partial charge in [-0.25, -0.2) is 13.6 Å². The highest BCUT2D eigenvalue weighted by molar-refractivity contribution is 5.91. The van der Waals surface area contributed by atoms with Crippen LogP contribution in [0.4, 0.5) is 17.6 Å². The maximum absolute atomic E-state index is 14.9. The predicted octanol–water partition coefficient (Wildman–Crippen LogP) is 8.60. The Bertz CT molecular complexity index is 1250. The number of hydrogen-bond donors (Lipinski definition) is 0. The predicted molar refractivity (Wildman–Crippen MR) is 134 cm³/mol. The van der Waals surface area contributed by atoms with E-state index < -0.39 is 35.0 Å². The van der Waals surface area contributed by atoms with Crippen molar-refractivity contribution in [2.75, 3.05) is 6.61 Å². The Labute approximate surface area is 214 Å². The molecule has 1 saturated carbocycles. The lowest BCUT2D eigenvalue weighted by atomic mass is 9.77. The highest BCUT2D eigenvalue weighted by atomic mass is 19.2. The lowest BCUT2D eigenvalue weighted by Gasteiger charge is -2.29. The fraction of sp³-hybridized carbons (Fsp3) is 0.367. The van der Waals surface area contributed by atoms with Crippen LogP contribution in [0.25, 0.3) is 11.1 Å². The second-order valence-corrected chi connectivity index (χ2v) is 9.43. The third-order valence-electron chi connectivity index (χ3n) is 7.04. The summed E-state index contributed by atoms with van der Waals surface area (Å²) in [4.78, 5) is 12.6. The summed E-state index contributed by atoms with van der Waals surface area (Å²) in [5, 5.41) is 0. The summed E-state index contributed by atoms with van der Waals surface area (Å²) >= 11 is 0. The third-order valence-corrected chi connectivity index (χ3v) is 7.04. The van der Waals surface area contributed by atoms with Gasteiger partial charge < -0.3 is 9.47 Å². The molecule has 1 aliphatic rings. The van der Waals surface area contributed by atoms with E-state index in [1.54, 1.807) is 6.92 Å². The molecule has 0 radical (unpaired) electrons. The number of ether oxygens (including phenoxy) is 2. The third kappa shape index (κ3) is 5.81. The SMILES string of the molecule is CCCC1CCC(c2ccc(OC(=O)c3ccc(-c4ccc(OCC)c(F)c4F)cc3)c(F)c2F)CC1. The lowest BCUT2D eigenvalue weighted by molar-refractivity contribution is 0.0726. The van der Waals surface area contributed by atoms with Crippen molar-refractivity contribution in [2.45, 2.75) is 58.3 Å². The molecular formula is C30H30F4O3. The van der Waals surface area contributed by atoms with Crippen LogP contribution in [-0.4, -0.2) is 12.6 Å². The van der Waals surface area contributed by atoms with E-state index in [0.717, 1.165) is 38.5 Å². The van der Waals surface area contributed by atoms with Crippen LogP contribution in [0.1, 0.15) is 74.2 Å². The maximum atomic E-state index is 14.9. The van der Waals surface area contributed by atoms with Crippen LogP contribution in [0.15, 0.2) is 48.5 Å². The summed E-state index contributed by atoms with van der Waals surface area (Å²) in [5.41, 5.74) is 0.689. The molecule has 1 fully saturated rings. The first-order valence-corrected chi connectivity index (χ1v) is 12.7. The Morgan fingerprint density at radius 1 is 0.784 bits per heavy atom. The number of benzene rings is 3. The second kappa shape index (κ2) is 11.8. The minimum atomic E-state index is -1.19. The summed E-state index contributed by atoms with van der Waals surface area (Å²) in [6.07, 6.45) is 5.90. The van der Waals surface area contributed by atoms with Crippen molar-refractivity contribution >= 4 is 5.97 Å². The summed E-state index contributed by atoms with van der Waals surface area (Å²) in [7, 11) is 0. The van der Waals surface area contributed by atoms with Gasteiger partial charge in [-0.2, -0.15) is 8.78 Å². The number of hydrogen-bond acceptors (Lipinski definition) is 3. The van der Waals surface area contributed by atoms with Crippen LogP contribution < -0.4 is 9.47 Å². The molecule has 0 amide bonds. The van der Waals surface area contributed by atoms with Gasteiger partial charge in [-0.3, -0.25) is 0 Å². The monoisotopic (exact) mass is 514 g/mol. The standard InChI is InChI=1S/C30H30F4O3/c1-3-5-18-6-8-19(9-7-18)23-15-17-25(29(34)27(23)32)37-30(35)21-12-10-20(11-13-21)22-14-16-24(36-4-2)28(33)26(22)31/h10-19H,3-9H2,1-2H3. The average molecular weight is 515 g/mol. The first-order valence-electron chi connectivity index (χ1n) is 12.7. The van der Waals surface area contributed by atoms with E-state index >= 15 is 0 Å². The van der Waals surface area contributed by atoms with E-state index in [-0.39, 0.29) is 29.4 Å². The lowest BCUT2D eigenvalue weighted by Crippen LogP contribution is -2.15. The Morgan fingerprint density at radius 2 is 1.43 bits per heavy atom. The van der Waals surface area contributed by atoms with Crippen molar-refractivity contribution < 1.29 is 31.8 Å². The molecule has 0 atom stereocenters. The molecule has 0 saturated heterocycles. The number of carbonyl (C=O) groups is 1. The Balaban J connectivity index is 1.46. The van der Waals surface area contributed by atoms with E-state index in [9.17, 15) is 22.4 Å². The van der Waals surface area contributed by atoms with Crippen LogP contribution in [0, 0.1) is 29.2 Å². The molecule has 0 heterocycles. The topological polar surface area (TPSA) is 35.5 Å². The summed E-state index contributed by atoms with van der Waals surface area (Å²) < 4.78 is 68.6. The van der Waals surface area contributed by atoms with Crippen molar-refractivity contribution in [3.05, 3.63) is 82.9 Å². The Kier molecular flexibility index (Phi) is 8.52. The quantitative estimate of drug-likeness (QED) is 0.172. The molecule has 1 aliphatic carbocycles. The minimum absolute atomic E-state index is 0.00620. The van der Waals surface area contributed by atoms with E-state index in [2.05, 4.69) is 6.92 Å². The smallest absolute Gasteiger partial charge is 0.343 e. The van der Waals surface area contributed by atoms with Crippen LogP contribution in [0.5, 0.6) is 11.5 Å². The molecule has 0 spiro atoms. The van der Waals surface area contributed by atoms with Crippen molar-refractivity contribution in [1.29, 1.82) is 0 Å². The van der Waals surface area contributed by atoms with Gasteiger partial charge in [0.05, 0.1) is 12.2 Å². The first kappa shape index (κ1) is 26.7. The average Bonchev–Trinajstić information content (AvgIpc) is 2.91. The molecule has 3 nitrogen and oxygen atoms in total. The van der Waals surface area contributed by atoms with Gasteiger partial charge in [0, 0.05) is 5.56 Å². The minimum Gasteiger partial charge on any atom is -0.491 e. The fourth-order valence-electron chi connectivity index (χ4n) is 5.08. The summed E-state index contributed by atoms with van der Waals surface area (Å²) in [6.45, 7) is 4.01. The fourth-order valence-corrected chi connectivity index (χ4v) is 5.08. The van der Waals surface area contributed by atoms with Gasteiger partial charge in [-0.05, 0) is 85.9 Å².